The number of fused-ring (bicyclic) bond motifs is 2. The van der Waals surface area contributed by atoms with Crippen LogP contribution in [0.25, 0.3) is 35.7 Å². The number of benzene rings is 2. The predicted molar refractivity (Wildman–Crippen MR) is 235 cm³/mol. The van der Waals surface area contributed by atoms with Gasteiger partial charge in [0.15, 0.2) is 11.6 Å². The molecule has 14 heteroatoms. The summed E-state index contributed by atoms with van der Waals surface area (Å²) in [6.07, 6.45) is 18.8. The lowest BCUT2D eigenvalue weighted by Crippen LogP contribution is -2.18. The van der Waals surface area contributed by atoms with Gasteiger partial charge in [0.05, 0.1) is 58.2 Å². The van der Waals surface area contributed by atoms with E-state index in [9.17, 15) is 8.78 Å². The number of aryl methyl sites for hydroxylation is 6. The van der Waals surface area contributed by atoms with Gasteiger partial charge in [0.2, 0.25) is 0 Å². The summed E-state index contributed by atoms with van der Waals surface area (Å²) in [6.45, 7) is 9.49. The molecule has 6 aromatic heterocycles. The minimum absolute atomic E-state index is 0.0668. The molecule has 0 radical (unpaired) electrons. The minimum Gasteiger partial charge on any atom is -0.304 e. The average Bonchev–Trinajstić information content (AvgIpc) is 4.09. The molecule has 312 valence electrons. The largest absolute Gasteiger partial charge is 0.304 e. The fraction of sp³-hybridized carbons (Fsp3) is 0.250. The number of hydrogen-bond acceptors (Lipinski definition) is 8. The van der Waals surface area contributed by atoms with Gasteiger partial charge < -0.3 is 9.13 Å². The first-order valence-corrected chi connectivity index (χ1v) is 20.9. The molecule has 8 heterocycles. The molecule has 0 amide bonds. The fourth-order valence-corrected chi connectivity index (χ4v) is 8.29. The van der Waals surface area contributed by atoms with Crippen LogP contribution in [-0.4, -0.2) is 58.6 Å². The molecule has 0 fully saturated rings. The summed E-state index contributed by atoms with van der Waals surface area (Å²) in [6, 6.07) is 21.9. The Balaban J connectivity index is 0.000000158. The second-order valence-electron chi connectivity index (χ2n) is 15.7. The highest BCUT2D eigenvalue weighted by Crippen LogP contribution is 2.35. The van der Waals surface area contributed by atoms with Crippen molar-refractivity contribution in [2.75, 3.05) is 0 Å². The first kappa shape index (κ1) is 40.2. The Bertz CT molecular complexity index is 2740. The molecule has 0 spiro atoms. The van der Waals surface area contributed by atoms with E-state index in [0.717, 1.165) is 96.0 Å². The zero-order valence-electron chi connectivity index (χ0n) is 35.1. The summed E-state index contributed by atoms with van der Waals surface area (Å²) >= 11 is 0. The normalized spacial score (nSPS) is 16.0. The fourth-order valence-electron chi connectivity index (χ4n) is 8.29. The van der Waals surface area contributed by atoms with E-state index in [-0.39, 0.29) is 23.5 Å². The van der Waals surface area contributed by atoms with E-state index in [1.807, 2.05) is 131 Å². The maximum Gasteiger partial charge on any atom is 0.174 e. The molecule has 12 nitrogen and oxygen atoms in total. The molecule has 62 heavy (non-hydrogen) atoms. The van der Waals surface area contributed by atoms with Crippen LogP contribution in [0.1, 0.15) is 106 Å². The van der Waals surface area contributed by atoms with E-state index in [2.05, 4.69) is 30.1 Å². The number of hydrogen-bond donors (Lipinski definition) is 0. The van der Waals surface area contributed by atoms with Crippen molar-refractivity contribution in [2.24, 2.45) is 0 Å². The zero-order valence-corrected chi connectivity index (χ0v) is 35.1. The van der Waals surface area contributed by atoms with Crippen LogP contribution in [0.3, 0.4) is 0 Å². The number of rotatable bonds is 8. The first-order chi connectivity index (χ1) is 30.2. The molecule has 10 rings (SSSR count). The van der Waals surface area contributed by atoms with Gasteiger partial charge >= 0.3 is 0 Å². The Kier molecular flexibility index (Phi) is 11.3. The first-order valence-electron chi connectivity index (χ1n) is 20.9. The van der Waals surface area contributed by atoms with Crippen LogP contribution < -0.4 is 0 Å². The van der Waals surface area contributed by atoms with Crippen LogP contribution >= 0.6 is 0 Å². The summed E-state index contributed by atoms with van der Waals surface area (Å²) in [5, 5.41) is 9.24. The molecule has 2 aromatic carbocycles. The molecular formula is C48H46F2N12. The molecule has 0 saturated heterocycles. The molecule has 2 atom stereocenters. The maximum absolute atomic E-state index is 14.4. The van der Waals surface area contributed by atoms with E-state index in [0.29, 0.717) is 22.8 Å². The van der Waals surface area contributed by atoms with E-state index in [4.69, 9.17) is 9.97 Å². The monoisotopic (exact) mass is 828 g/mol. The van der Waals surface area contributed by atoms with Gasteiger partial charge in [-0.15, -0.1) is 0 Å². The van der Waals surface area contributed by atoms with Gasteiger partial charge in [0, 0.05) is 37.3 Å². The molecule has 0 N–H and O–H groups in total. The molecule has 0 unspecified atom stereocenters. The number of aromatic nitrogens is 12. The topological polar surface area (TPSA) is 123 Å². The summed E-state index contributed by atoms with van der Waals surface area (Å²) in [5.41, 5.74) is 8.80. The second-order valence-corrected chi connectivity index (χ2v) is 15.7. The van der Waals surface area contributed by atoms with Crippen molar-refractivity contribution in [3.63, 3.8) is 0 Å². The lowest BCUT2D eigenvalue weighted by molar-refractivity contribution is 0.436. The highest BCUT2D eigenvalue weighted by Gasteiger charge is 2.28. The predicted octanol–water partition coefficient (Wildman–Crippen LogP) is 9.42. The Morgan fingerprint density at radius 3 is 1.35 bits per heavy atom. The van der Waals surface area contributed by atoms with Crippen LogP contribution in [0.5, 0.6) is 0 Å². The molecular weight excluding hydrogens is 783 g/mol. The van der Waals surface area contributed by atoms with E-state index in [1.54, 1.807) is 24.8 Å². The third-order valence-corrected chi connectivity index (χ3v) is 11.3. The minimum atomic E-state index is -0.186. The standard InChI is InChI=1S/2C24H23FN6/c2*1-16-14-30(15-26-16)22-11-9-18(27-17(22)2)10-12-23-28-24-20(7-5-13-31(24)29-23)19-6-3-4-8-21(19)25/h2*3-4,6,8-12,14-15,20H,5,7,13H2,1-2H3/b2*12-10+/t2*20-/m10/s1. The van der Waals surface area contributed by atoms with E-state index in [1.165, 1.54) is 12.1 Å². The van der Waals surface area contributed by atoms with Gasteiger partial charge in [0.25, 0.3) is 0 Å². The Hall–Kier alpha value is -7.22. The van der Waals surface area contributed by atoms with Gasteiger partial charge in [-0.3, -0.25) is 9.97 Å². The van der Waals surface area contributed by atoms with Crippen molar-refractivity contribution in [1.29, 1.82) is 0 Å². The quantitative estimate of drug-likeness (QED) is 0.149. The van der Waals surface area contributed by atoms with Gasteiger partial charge in [0.1, 0.15) is 23.3 Å². The third kappa shape index (κ3) is 8.53. The Morgan fingerprint density at radius 1 is 0.532 bits per heavy atom. The summed E-state index contributed by atoms with van der Waals surface area (Å²) < 4.78 is 36.5. The highest BCUT2D eigenvalue weighted by atomic mass is 19.1. The van der Waals surface area contributed by atoms with Crippen molar-refractivity contribution in [2.45, 2.75) is 78.3 Å². The van der Waals surface area contributed by atoms with E-state index < -0.39 is 0 Å². The molecule has 8 aromatic rings. The third-order valence-electron chi connectivity index (χ3n) is 11.3. The van der Waals surface area contributed by atoms with Crippen LogP contribution in [0, 0.1) is 39.3 Å². The van der Waals surface area contributed by atoms with Crippen molar-refractivity contribution >= 4 is 24.3 Å². The lowest BCUT2D eigenvalue weighted by Gasteiger charge is -2.22. The molecule has 2 aliphatic rings. The SMILES string of the molecule is Cc1cn(-c2ccc(/C=C/c3nc4n(n3)CCC[C@@H]4c3ccccc3F)nc2C)cn1.Cc1cn(-c2ccc(/C=C/c3nc4n(n3)CCC[C@H]4c3ccccc3F)nc2C)cn1. The molecule has 0 saturated carbocycles. The molecule has 0 aliphatic carbocycles. The van der Waals surface area contributed by atoms with Crippen LogP contribution in [0.15, 0.2) is 97.8 Å². The second kappa shape index (κ2) is 17.4. The van der Waals surface area contributed by atoms with Crippen molar-refractivity contribution in [3.05, 3.63) is 178 Å². The summed E-state index contributed by atoms with van der Waals surface area (Å²) in [7, 11) is 0. The zero-order chi connectivity index (χ0) is 42.7. The van der Waals surface area contributed by atoms with Crippen LogP contribution in [-0.2, 0) is 13.1 Å². The lowest BCUT2D eigenvalue weighted by atomic mass is 9.91. The number of pyridine rings is 2. The van der Waals surface area contributed by atoms with Gasteiger partial charge in [-0.25, -0.2) is 38.1 Å². The average molecular weight is 829 g/mol. The van der Waals surface area contributed by atoms with Gasteiger partial charge in [-0.05, 0) is 125 Å². The summed E-state index contributed by atoms with van der Waals surface area (Å²) in [4.78, 5) is 27.3. The van der Waals surface area contributed by atoms with Crippen molar-refractivity contribution in [3.8, 4) is 11.4 Å². The van der Waals surface area contributed by atoms with E-state index >= 15 is 0 Å². The van der Waals surface area contributed by atoms with Crippen molar-refractivity contribution < 1.29 is 8.78 Å². The highest BCUT2D eigenvalue weighted by molar-refractivity contribution is 5.66. The molecule has 0 bridgehead atoms. The smallest absolute Gasteiger partial charge is 0.174 e. The maximum atomic E-state index is 14.4. The van der Waals surface area contributed by atoms with Crippen LogP contribution in [0.2, 0.25) is 0 Å². The van der Waals surface area contributed by atoms with Gasteiger partial charge in [-0.2, -0.15) is 10.2 Å². The van der Waals surface area contributed by atoms with Gasteiger partial charge in [-0.1, -0.05) is 36.4 Å². The molecule has 2 aliphatic heterocycles. The number of imidazole rings is 2. The number of nitrogens with zero attached hydrogens (tertiary/aromatic N) is 12. The Morgan fingerprint density at radius 2 is 0.968 bits per heavy atom. The Labute approximate surface area is 358 Å². The van der Waals surface area contributed by atoms with Crippen LogP contribution in [0.4, 0.5) is 8.78 Å². The summed E-state index contributed by atoms with van der Waals surface area (Å²) in [5.74, 6) is 2.38. The van der Waals surface area contributed by atoms with Crippen molar-refractivity contribution in [1.82, 2.24) is 58.6 Å². The number of halogens is 2.